The van der Waals surface area contributed by atoms with Crippen LogP contribution in [0.3, 0.4) is 0 Å². The van der Waals surface area contributed by atoms with Crippen LogP contribution in [0.25, 0.3) is 17.0 Å². The number of hydrogen-bond donors (Lipinski definition) is 0. The molecule has 0 aliphatic carbocycles. The lowest BCUT2D eigenvalue weighted by molar-refractivity contribution is -0.136. The molecule has 0 spiro atoms. The minimum Gasteiger partial charge on any atom is -0.494 e. The Hall–Kier alpha value is -3.86. The molecule has 1 fully saturated rings. The lowest BCUT2D eigenvalue weighted by atomic mass is 9.75. The highest BCUT2D eigenvalue weighted by Gasteiger charge is 2.42. The Labute approximate surface area is 204 Å². The van der Waals surface area contributed by atoms with Crippen molar-refractivity contribution < 1.29 is 22.6 Å². The van der Waals surface area contributed by atoms with E-state index in [9.17, 15) is 18.0 Å². The predicted octanol–water partition coefficient (Wildman–Crippen LogP) is 3.76. The van der Waals surface area contributed by atoms with Gasteiger partial charge in [0, 0.05) is 36.8 Å². The zero-order valence-corrected chi connectivity index (χ0v) is 19.7. The van der Waals surface area contributed by atoms with Gasteiger partial charge >= 0.3 is 11.9 Å². The van der Waals surface area contributed by atoms with Crippen LogP contribution in [-0.4, -0.2) is 43.6 Å². The number of benzene rings is 1. The van der Waals surface area contributed by atoms with Crippen molar-refractivity contribution in [1.82, 2.24) is 23.7 Å². The number of aryl methyl sites for hydroxylation is 1. The third-order valence-electron chi connectivity index (χ3n) is 6.51. The highest BCUT2D eigenvalue weighted by atomic mass is 19.4. The molecule has 0 amide bonds. The largest absolute Gasteiger partial charge is 0.494 e. The zero-order chi connectivity index (χ0) is 25.7. The summed E-state index contributed by atoms with van der Waals surface area (Å²) >= 11 is 0. The molecule has 4 aromatic rings. The molecule has 0 N–H and O–H groups in total. The molecule has 188 valence electrons. The van der Waals surface area contributed by atoms with E-state index in [0.717, 1.165) is 21.9 Å². The summed E-state index contributed by atoms with van der Waals surface area (Å²) in [5.74, 6) is 0.842. The molecule has 1 aliphatic heterocycles. The maximum Gasteiger partial charge on any atom is 0.418 e. The van der Waals surface area contributed by atoms with E-state index in [1.54, 1.807) is 25.4 Å². The van der Waals surface area contributed by atoms with Gasteiger partial charge in [-0.05, 0) is 30.7 Å². The van der Waals surface area contributed by atoms with Gasteiger partial charge in [0.2, 0.25) is 0 Å². The van der Waals surface area contributed by atoms with E-state index in [-0.39, 0.29) is 28.9 Å². The molecule has 0 bridgehead atoms. The van der Waals surface area contributed by atoms with E-state index in [2.05, 4.69) is 16.8 Å². The summed E-state index contributed by atoms with van der Waals surface area (Å²) in [6.07, 6.45) is 0.0427. The van der Waals surface area contributed by atoms with Crippen LogP contribution in [0.1, 0.15) is 29.4 Å². The molecule has 0 saturated carbocycles. The fourth-order valence-electron chi connectivity index (χ4n) is 4.49. The predicted molar refractivity (Wildman–Crippen MR) is 126 cm³/mol. The minimum atomic E-state index is -4.68. The smallest absolute Gasteiger partial charge is 0.418 e. The second-order valence-corrected chi connectivity index (χ2v) is 8.89. The molecule has 0 unspecified atom stereocenters. The average Bonchev–Trinajstić information content (AvgIpc) is 3.37. The summed E-state index contributed by atoms with van der Waals surface area (Å²) in [4.78, 5) is 13.3. The quantitative estimate of drug-likeness (QED) is 0.362. The number of aromatic nitrogens is 5. The summed E-state index contributed by atoms with van der Waals surface area (Å²) in [7, 11) is 1.86. The van der Waals surface area contributed by atoms with Crippen molar-refractivity contribution in [3.63, 3.8) is 0 Å². The summed E-state index contributed by atoms with van der Waals surface area (Å²) in [5, 5.41) is 8.11. The molecule has 0 radical (unpaired) electrons. The van der Waals surface area contributed by atoms with Gasteiger partial charge in [-0.2, -0.15) is 13.2 Å². The Bertz CT molecular complexity index is 1510. The van der Waals surface area contributed by atoms with E-state index in [0.29, 0.717) is 25.3 Å². The Morgan fingerprint density at radius 3 is 2.64 bits per heavy atom. The Kier molecular flexibility index (Phi) is 5.74. The number of fused-ring (bicyclic) bond motifs is 1. The van der Waals surface area contributed by atoms with Gasteiger partial charge in [0.05, 0.1) is 36.6 Å². The molecule has 0 atom stereocenters. The van der Waals surface area contributed by atoms with Crippen LogP contribution in [0.2, 0.25) is 0 Å². The van der Waals surface area contributed by atoms with Crippen molar-refractivity contribution in [2.24, 2.45) is 7.05 Å². The molecule has 4 heterocycles. The van der Waals surface area contributed by atoms with Crippen molar-refractivity contribution in [1.29, 1.82) is 0 Å². The molecular weight excluding hydrogens is 475 g/mol. The summed E-state index contributed by atoms with van der Waals surface area (Å²) in [5.41, 5.74) is -0.781. The Morgan fingerprint density at radius 2 is 2.03 bits per heavy atom. The molecule has 1 saturated heterocycles. The first-order chi connectivity index (χ1) is 17.1. The number of pyridine rings is 1. The van der Waals surface area contributed by atoms with Crippen LogP contribution < -0.4 is 5.69 Å². The molecule has 5 rings (SSSR count). The van der Waals surface area contributed by atoms with E-state index >= 15 is 0 Å². The fourth-order valence-corrected chi connectivity index (χ4v) is 4.49. The molecule has 3 aromatic heterocycles. The van der Waals surface area contributed by atoms with Crippen LogP contribution >= 0.6 is 0 Å². The SMILES string of the molecule is C=C(OCC)c1cc(C(F)(F)F)c2cn(-c3cccc(C4(Cc5nncn5C)COC4)c3)c(=O)n2c1. The number of ether oxygens (including phenoxy) is 2. The lowest BCUT2D eigenvalue weighted by Gasteiger charge is -2.41. The van der Waals surface area contributed by atoms with Crippen LogP contribution in [0.5, 0.6) is 0 Å². The van der Waals surface area contributed by atoms with E-state index in [4.69, 9.17) is 9.47 Å². The van der Waals surface area contributed by atoms with Gasteiger partial charge in [-0.25, -0.2) is 4.79 Å². The Balaban J connectivity index is 1.62. The molecule has 36 heavy (non-hydrogen) atoms. The van der Waals surface area contributed by atoms with E-state index < -0.39 is 17.4 Å². The van der Waals surface area contributed by atoms with Crippen molar-refractivity contribution >= 4 is 11.3 Å². The fraction of sp³-hybridized carbons (Fsp3) is 0.320. The molecular formula is C25H24F3N5O3. The topological polar surface area (TPSA) is 75.6 Å². The maximum absolute atomic E-state index is 14.0. The maximum atomic E-state index is 14.0. The molecule has 1 aliphatic rings. The first-order valence-electron chi connectivity index (χ1n) is 11.3. The highest BCUT2D eigenvalue weighted by Crippen LogP contribution is 2.37. The van der Waals surface area contributed by atoms with Gasteiger partial charge in [0.1, 0.15) is 17.9 Å². The van der Waals surface area contributed by atoms with Gasteiger partial charge in [0.15, 0.2) is 0 Å². The minimum absolute atomic E-state index is 0.0576. The average molecular weight is 499 g/mol. The van der Waals surface area contributed by atoms with E-state index in [1.807, 2.05) is 23.7 Å². The van der Waals surface area contributed by atoms with Gasteiger partial charge < -0.3 is 14.0 Å². The van der Waals surface area contributed by atoms with Crippen molar-refractivity contribution in [2.45, 2.75) is 24.9 Å². The third-order valence-corrected chi connectivity index (χ3v) is 6.51. The summed E-state index contributed by atoms with van der Waals surface area (Å²) in [6.45, 7) is 6.55. The van der Waals surface area contributed by atoms with Gasteiger partial charge in [-0.1, -0.05) is 18.7 Å². The van der Waals surface area contributed by atoms with Crippen molar-refractivity contribution in [3.05, 3.63) is 88.6 Å². The summed E-state index contributed by atoms with van der Waals surface area (Å²) < 4.78 is 56.7. The number of hydrogen-bond acceptors (Lipinski definition) is 5. The number of alkyl halides is 3. The number of imidazole rings is 1. The monoisotopic (exact) mass is 499 g/mol. The second kappa shape index (κ2) is 8.66. The standard InChI is InChI=1S/C25H24F3N5O3/c1-4-36-16(2)17-8-20(25(26,27)28)21-12-32(23(34)33(21)11-17)19-7-5-6-18(9-19)24(13-35-14-24)10-22-30-29-15-31(22)3/h5-9,11-12,15H,2,4,10,13-14H2,1,3H3. The first kappa shape index (κ1) is 23.9. The van der Waals surface area contributed by atoms with Crippen LogP contribution in [0, 0.1) is 0 Å². The van der Waals surface area contributed by atoms with E-state index in [1.165, 1.54) is 17.0 Å². The zero-order valence-electron chi connectivity index (χ0n) is 19.7. The molecule has 11 heteroatoms. The number of nitrogens with zero attached hydrogens (tertiary/aromatic N) is 5. The first-order valence-corrected chi connectivity index (χ1v) is 11.3. The molecule has 1 aromatic carbocycles. The Morgan fingerprint density at radius 1 is 1.25 bits per heavy atom. The van der Waals surface area contributed by atoms with Crippen LogP contribution in [0.15, 0.2) is 60.4 Å². The van der Waals surface area contributed by atoms with Crippen molar-refractivity contribution in [3.8, 4) is 5.69 Å². The third kappa shape index (κ3) is 3.98. The van der Waals surface area contributed by atoms with Crippen LogP contribution in [0.4, 0.5) is 13.2 Å². The molecule has 8 nitrogen and oxygen atoms in total. The van der Waals surface area contributed by atoms with Gasteiger partial charge in [0.25, 0.3) is 0 Å². The number of halogens is 3. The van der Waals surface area contributed by atoms with Crippen molar-refractivity contribution in [2.75, 3.05) is 19.8 Å². The highest BCUT2D eigenvalue weighted by molar-refractivity contribution is 5.65. The second-order valence-electron chi connectivity index (χ2n) is 8.89. The van der Waals surface area contributed by atoms with Crippen LogP contribution in [-0.2, 0) is 34.5 Å². The summed E-state index contributed by atoms with van der Waals surface area (Å²) in [6, 6.07) is 8.16. The normalized spacial score (nSPS) is 15.1. The van der Waals surface area contributed by atoms with Gasteiger partial charge in [-0.15, -0.1) is 10.2 Å². The number of rotatable bonds is 7. The van der Waals surface area contributed by atoms with Gasteiger partial charge in [-0.3, -0.25) is 8.97 Å². The lowest BCUT2D eigenvalue weighted by Crippen LogP contribution is -2.49.